The first-order chi connectivity index (χ1) is 11.2. The molecule has 0 radical (unpaired) electrons. The molecule has 2 nitrogen and oxygen atoms in total. The number of nitrogens with zero attached hydrogens (tertiary/aromatic N) is 1. The van der Waals surface area contributed by atoms with Crippen molar-refractivity contribution < 1.29 is 4.79 Å². The van der Waals surface area contributed by atoms with Gasteiger partial charge in [0.1, 0.15) is 0 Å². The maximum Gasteiger partial charge on any atom is 0.220 e. The van der Waals surface area contributed by atoms with E-state index in [4.69, 9.17) is 11.6 Å². The van der Waals surface area contributed by atoms with Crippen molar-refractivity contribution in [2.45, 2.75) is 40.2 Å². The maximum absolute atomic E-state index is 11.4. The van der Waals surface area contributed by atoms with Gasteiger partial charge in [0, 0.05) is 11.9 Å². The van der Waals surface area contributed by atoms with E-state index in [1.807, 2.05) is 39.8 Å². The second kappa shape index (κ2) is 10.3. The molecule has 2 rings (SSSR count). The summed E-state index contributed by atoms with van der Waals surface area (Å²) < 4.78 is 2.24. The molecule has 1 atom stereocenters. The van der Waals surface area contributed by atoms with Crippen LogP contribution in [0.25, 0.3) is 6.08 Å². The first-order valence-corrected chi connectivity index (χ1v) is 9.01. The second-order valence-corrected chi connectivity index (χ2v) is 6.41. The number of amides is 1. The minimum Gasteiger partial charge on any atom is -0.278 e. The molecule has 0 aliphatic heterocycles. The molecule has 23 heavy (non-hydrogen) atoms. The Kier molecular flexibility index (Phi) is 8.82. The van der Waals surface area contributed by atoms with Crippen LogP contribution in [0, 0.1) is 0 Å². The molecule has 1 amide bonds. The fraction of sp³-hybridized carbons (Fsp3) is 0.316. The Morgan fingerprint density at radius 3 is 2.74 bits per heavy atom. The predicted octanol–water partition coefficient (Wildman–Crippen LogP) is 6.11. The van der Waals surface area contributed by atoms with Crippen LogP contribution in [-0.4, -0.2) is 10.7 Å². The molecule has 1 aliphatic rings. The number of halogens is 1. The number of rotatable bonds is 5. The molecule has 1 unspecified atom stereocenters. The van der Waals surface area contributed by atoms with Crippen molar-refractivity contribution in [1.82, 2.24) is 4.31 Å². The molecule has 0 aromatic heterocycles. The van der Waals surface area contributed by atoms with E-state index in [1.54, 1.807) is 10.4 Å². The zero-order valence-electron chi connectivity index (χ0n) is 14.1. The molecular formula is C19H24ClNOS. The lowest BCUT2D eigenvalue weighted by Crippen LogP contribution is -2.19. The highest BCUT2D eigenvalue weighted by Crippen LogP contribution is 2.34. The van der Waals surface area contributed by atoms with Gasteiger partial charge in [0.25, 0.3) is 0 Å². The van der Waals surface area contributed by atoms with Gasteiger partial charge in [-0.15, -0.1) is 0 Å². The zero-order valence-corrected chi connectivity index (χ0v) is 15.7. The van der Waals surface area contributed by atoms with Crippen molar-refractivity contribution in [2.24, 2.45) is 0 Å². The normalized spacial score (nSPS) is 14.2. The van der Waals surface area contributed by atoms with E-state index in [1.165, 1.54) is 23.1 Å². The Hall–Kier alpha value is -1.45. The Bertz CT molecular complexity index is 607. The van der Waals surface area contributed by atoms with Crippen LogP contribution < -0.4 is 0 Å². The van der Waals surface area contributed by atoms with Crippen LogP contribution in [0.4, 0.5) is 0 Å². The summed E-state index contributed by atoms with van der Waals surface area (Å²) in [7, 11) is 0. The summed E-state index contributed by atoms with van der Waals surface area (Å²) in [6.45, 7) is 7.88. The van der Waals surface area contributed by atoms with Crippen molar-refractivity contribution in [1.29, 1.82) is 0 Å². The summed E-state index contributed by atoms with van der Waals surface area (Å²) in [6, 6.07) is 6.17. The summed E-state index contributed by atoms with van der Waals surface area (Å²) in [5.74, 6) is 0. The Morgan fingerprint density at radius 2 is 2.09 bits per heavy atom. The fourth-order valence-corrected chi connectivity index (χ4v) is 3.17. The summed E-state index contributed by atoms with van der Waals surface area (Å²) in [4.78, 5) is 11.4. The van der Waals surface area contributed by atoms with Crippen molar-refractivity contribution in [3.05, 3.63) is 63.6 Å². The lowest BCUT2D eigenvalue weighted by Gasteiger charge is -2.26. The van der Waals surface area contributed by atoms with Gasteiger partial charge in [0.15, 0.2) is 0 Å². The lowest BCUT2D eigenvalue weighted by atomic mass is 9.94. The second-order valence-electron chi connectivity index (χ2n) is 4.73. The summed E-state index contributed by atoms with van der Waals surface area (Å²) >= 11 is 7.30. The first-order valence-electron chi connectivity index (χ1n) is 7.85. The largest absolute Gasteiger partial charge is 0.278 e. The van der Waals surface area contributed by atoms with Gasteiger partial charge in [0.2, 0.25) is 6.41 Å². The Labute approximate surface area is 149 Å². The third-order valence-electron chi connectivity index (χ3n) is 3.45. The molecule has 1 aromatic carbocycles. The lowest BCUT2D eigenvalue weighted by molar-refractivity contribution is -0.114. The molecule has 0 bridgehead atoms. The summed E-state index contributed by atoms with van der Waals surface area (Å²) in [5.41, 5.74) is 3.63. The van der Waals surface area contributed by atoms with E-state index in [9.17, 15) is 4.79 Å². The maximum atomic E-state index is 11.4. The summed E-state index contributed by atoms with van der Waals surface area (Å²) in [5, 5.41) is 0. The molecule has 0 saturated carbocycles. The average Bonchev–Trinajstić information content (AvgIpc) is 2.85. The quantitative estimate of drug-likeness (QED) is 0.472. The number of hydrogen-bond donors (Lipinski definition) is 0. The van der Waals surface area contributed by atoms with Crippen molar-refractivity contribution >= 4 is 36.0 Å². The van der Waals surface area contributed by atoms with Crippen molar-refractivity contribution in [2.75, 3.05) is 0 Å². The smallest absolute Gasteiger partial charge is 0.220 e. The van der Waals surface area contributed by atoms with E-state index in [-0.39, 0.29) is 6.04 Å². The Morgan fingerprint density at radius 1 is 1.35 bits per heavy atom. The molecule has 0 heterocycles. The number of carbonyl (C=O) groups is 1. The van der Waals surface area contributed by atoms with Crippen molar-refractivity contribution in [3.8, 4) is 0 Å². The topological polar surface area (TPSA) is 20.3 Å². The highest BCUT2D eigenvalue weighted by atomic mass is 35.5. The van der Waals surface area contributed by atoms with E-state index in [2.05, 4.69) is 30.4 Å². The third kappa shape index (κ3) is 5.29. The molecule has 0 spiro atoms. The number of hydrogen-bond acceptors (Lipinski definition) is 2. The molecule has 124 valence electrons. The van der Waals surface area contributed by atoms with Gasteiger partial charge >= 0.3 is 0 Å². The standard InChI is InChI=1S/C17H18ClNOS.C2H6/c1-3-17(18)21-19(12-20)13(2)15-11-7-9-14-8-5-4-6-10-16(14)15;1-2/h3-9,11-13H,10H2,1-2H3;1-2H3/b17-3-;. The monoisotopic (exact) mass is 349 g/mol. The van der Waals surface area contributed by atoms with Crippen LogP contribution >= 0.6 is 23.5 Å². The molecule has 4 heteroatoms. The highest BCUT2D eigenvalue weighted by Gasteiger charge is 2.19. The van der Waals surface area contributed by atoms with E-state index in [0.29, 0.717) is 4.36 Å². The first kappa shape index (κ1) is 19.6. The van der Waals surface area contributed by atoms with Gasteiger partial charge in [0.05, 0.1) is 10.4 Å². The summed E-state index contributed by atoms with van der Waals surface area (Å²) in [6.07, 6.45) is 11.8. The van der Waals surface area contributed by atoms with Crippen LogP contribution in [0.3, 0.4) is 0 Å². The fourth-order valence-electron chi connectivity index (χ4n) is 2.31. The van der Waals surface area contributed by atoms with Gasteiger partial charge in [-0.3, -0.25) is 9.10 Å². The molecule has 0 fully saturated rings. The van der Waals surface area contributed by atoms with Crippen LogP contribution in [0.5, 0.6) is 0 Å². The highest BCUT2D eigenvalue weighted by molar-refractivity contribution is 8.02. The van der Waals surface area contributed by atoms with Gasteiger partial charge in [-0.25, -0.2) is 0 Å². The van der Waals surface area contributed by atoms with Crippen LogP contribution in [0.2, 0.25) is 0 Å². The molecule has 1 aromatic rings. The molecule has 0 saturated heterocycles. The van der Waals surface area contributed by atoms with Gasteiger partial charge in [-0.2, -0.15) is 0 Å². The number of carbonyl (C=O) groups excluding carboxylic acids is 1. The van der Waals surface area contributed by atoms with E-state index >= 15 is 0 Å². The minimum atomic E-state index is -0.0453. The Balaban J connectivity index is 0.00000127. The number of fused-ring (bicyclic) bond motifs is 1. The van der Waals surface area contributed by atoms with Crippen molar-refractivity contribution in [3.63, 3.8) is 0 Å². The average molecular weight is 350 g/mol. The van der Waals surface area contributed by atoms with Gasteiger partial charge in [-0.1, -0.05) is 74.0 Å². The number of benzene rings is 1. The van der Waals surface area contributed by atoms with E-state index < -0.39 is 0 Å². The van der Waals surface area contributed by atoms with Gasteiger partial charge < -0.3 is 0 Å². The zero-order chi connectivity index (χ0) is 17.2. The molecule has 1 aliphatic carbocycles. The SMILES string of the molecule is C/C=C(/Cl)SN(C=O)C(C)c1cccc2c1CC=CC=C2.CC. The van der Waals surface area contributed by atoms with Crippen LogP contribution in [0.15, 0.2) is 46.9 Å². The van der Waals surface area contributed by atoms with Gasteiger partial charge in [-0.05, 0) is 37.0 Å². The minimum absolute atomic E-state index is 0.0453. The molecular weight excluding hydrogens is 326 g/mol. The predicted molar refractivity (Wildman–Crippen MR) is 103 cm³/mol. The number of allylic oxidation sites excluding steroid dienone is 4. The molecule has 0 N–H and O–H groups in total. The third-order valence-corrected chi connectivity index (χ3v) is 4.90. The van der Waals surface area contributed by atoms with E-state index in [0.717, 1.165) is 18.4 Å². The van der Waals surface area contributed by atoms with Crippen LogP contribution in [-0.2, 0) is 11.2 Å². The van der Waals surface area contributed by atoms with Crippen LogP contribution in [0.1, 0.15) is 50.4 Å².